The number of likely N-dealkylation sites (tertiary alicyclic amines) is 1. The Morgan fingerprint density at radius 2 is 2.12 bits per heavy atom. The van der Waals surface area contributed by atoms with E-state index in [-0.39, 0.29) is 5.54 Å². The van der Waals surface area contributed by atoms with Crippen LogP contribution in [-0.2, 0) is 4.74 Å². The Bertz CT molecular complexity index is 213. The summed E-state index contributed by atoms with van der Waals surface area (Å²) in [6.45, 7) is 13.6. The quantitative estimate of drug-likeness (QED) is 0.799. The molecule has 0 amide bonds. The maximum atomic E-state index is 5.46. The smallest absolute Gasteiger partial charge is 0.0698 e. The minimum Gasteiger partial charge on any atom is -0.380 e. The first kappa shape index (κ1) is 14.9. The molecule has 1 aliphatic rings. The molecule has 1 N–H and O–H groups in total. The van der Waals surface area contributed by atoms with Gasteiger partial charge in [-0.2, -0.15) is 0 Å². The fourth-order valence-corrected chi connectivity index (χ4v) is 2.36. The molecule has 0 bridgehead atoms. The van der Waals surface area contributed by atoms with E-state index in [0.717, 1.165) is 13.1 Å². The lowest BCUT2D eigenvalue weighted by Gasteiger charge is -2.34. The predicted molar refractivity (Wildman–Crippen MR) is 73.4 cm³/mol. The third kappa shape index (κ3) is 6.39. The van der Waals surface area contributed by atoms with Crippen LogP contribution in [0.4, 0.5) is 0 Å². The molecule has 0 aliphatic carbocycles. The molecule has 0 aromatic heterocycles. The Hall–Kier alpha value is -0.120. The molecule has 3 nitrogen and oxygen atoms in total. The van der Waals surface area contributed by atoms with Crippen LogP contribution in [0.1, 0.15) is 40.5 Å². The van der Waals surface area contributed by atoms with Gasteiger partial charge in [0, 0.05) is 25.7 Å². The molecule has 0 saturated carbocycles. The average Bonchev–Trinajstić information content (AvgIpc) is 2.26. The monoisotopic (exact) mass is 242 g/mol. The Morgan fingerprint density at radius 3 is 2.71 bits per heavy atom. The molecule has 2 unspecified atom stereocenters. The summed E-state index contributed by atoms with van der Waals surface area (Å²) < 4.78 is 5.46. The van der Waals surface area contributed by atoms with Gasteiger partial charge in [-0.15, -0.1) is 0 Å². The fraction of sp³-hybridized carbons (Fsp3) is 1.00. The van der Waals surface area contributed by atoms with Gasteiger partial charge in [-0.3, -0.25) is 0 Å². The van der Waals surface area contributed by atoms with Crippen molar-refractivity contribution in [3.63, 3.8) is 0 Å². The summed E-state index contributed by atoms with van der Waals surface area (Å²) in [5.74, 6) is 0.699. The second-order valence-corrected chi connectivity index (χ2v) is 6.50. The zero-order valence-corrected chi connectivity index (χ0v) is 12.3. The topological polar surface area (TPSA) is 24.5 Å². The van der Waals surface area contributed by atoms with E-state index < -0.39 is 0 Å². The number of methoxy groups -OCH3 is 1. The van der Waals surface area contributed by atoms with E-state index in [1.54, 1.807) is 0 Å². The lowest BCUT2D eigenvalue weighted by Crippen LogP contribution is -2.45. The number of nitrogens with one attached hydrogen (secondary N) is 1. The summed E-state index contributed by atoms with van der Waals surface area (Å²) in [5, 5.41) is 3.58. The molecule has 1 aliphatic heterocycles. The van der Waals surface area contributed by atoms with E-state index in [9.17, 15) is 0 Å². The molecule has 1 heterocycles. The zero-order valence-electron chi connectivity index (χ0n) is 12.3. The minimum absolute atomic E-state index is 0.227. The Morgan fingerprint density at radius 1 is 1.41 bits per heavy atom. The van der Waals surface area contributed by atoms with Crippen LogP contribution >= 0.6 is 0 Å². The summed E-state index contributed by atoms with van der Waals surface area (Å²) in [6.07, 6.45) is 2.95. The van der Waals surface area contributed by atoms with Crippen molar-refractivity contribution < 1.29 is 4.74 Å². The van der Waals surface area contributed by atoms with Crippen LogP contribution in [0.3, 0.4) is 0 Å². The van der Waals surface area contributed by atoms with E-state index in [4.69, 9.17) is 4.74 Å². The number of nitrogens with zero attached hydrogens (tertiary/aromatic N) is 1. The number of hydrogen-bond donors (Lipinski definition) is 1. The Labute approximate surface area is 107 Å². The van der Waals surface area contributed by atoms with E-state index in [1.807, 2.05) is 7.11 Å². The summed E-state index contributed by atoms with van der Waals surface area (Å²) in [7, 11) is 1.83. The SMILES string of the molecule is COC1CCCN(CC(C)CNC(C)(C)C)C1. The number of piperidine rings is 1. The number of rotatable bonds is 5. The highest BCUT2D eigenvalue weighted by Crippen LogP contribution is 2.14. The van der Waals surface area contributed by atoms with Crippen LogP contribution in [0.15, 0.2) is 0 Å². The first-order valence-corrected chi connectivity index (χ1v) is 6.91. The highest BCUT2D eigenvalue weighted by Gasteiger charge is 2.21. The van der Waals surface area contributed by atoms with Crippen molar-refractivity contribution >= 4 is 0 Å². The van der Waals surface area contributed by atoms with Gasteiger partial charge in [0.05, 0.1) is 6.10 Å². The van der Waals surface area contributed by atoms with Crippen molar-refractivity contribution in [3.8, 4) is 0 Å². The minimum atomic E-state index is 0.227. The molecule has 3 heteroatoms. The van der Waals surface area contributed by atoms with E-state index in [1.165, 1.54) is 25.9 Å². The van der Waals surface area contributed by atoms with Gasteiger partial charge in [0.2, 0.25) is 0 Å². The normalized spacial score (nSPS) is 24.9. The molecular formula is C14H30N2O. The van der Waals surface area contributed by atoms with Crippen molar-refractivity contribution in [2.24, 2.45) is 5.92 Å². The highest BCUT2D eigenvalue weighted by molar-refractivity contribution is 4.77. The molecule has 1 rings (SSSR count). The third-order valence-electron chi connectivity index (χ3n) is 3.35. The molecule has 0 spiro atoms. The van der Waals surface area contributed by atoms with Gasteiger partial charge in [-0.05, 0) is 52.6 Å². The van der Waals surface area contributed by atoms with Crippen molar-refractivity contribution in [1.82, 2.24) is 10.2 Å². The van der Waals surface area contributed by atoms with Gasteiger partial charge >= 0.3 is 0 Å². The number of ether oxygens (including phenoxy) is 1. The van der Waals surface area contributed by atoms with Crippen molar-refractivity contribution in [3.05, 3.63) is 0 Å². The lowest BCUT2D eigenvalue weighted by atomic mass is 10.0. The van der Waals surface area contributed by atoms with Gasteiger partial charge in [0.1, 0.15) is 0 Å². The summed E-state index contributed by atoms with van der Waals surface area (Å²) in [5.41, 5.74) is 0.227. The van der Waals surface area contributed by atoms with Crippen LogP contribution in [0.25, 0.3) is 0 Å². The third-order valence-corrected chi connectivity index (χ3v) is 3.35. The summed E-state index contributed by atoms with van der Waals surface area (Å²) in [4.78, 5) is 2.55. The van der Waals surface area contributed by atoms with Crippen molar-refractivity contribution in [2.75, 3.05) is 33.3 Å². The van der Waals surface area contributed by atoms with Crippen LogP contribution in [0.2, 0.25) is 0 Å². The molecular weight excluding hydrogens is 212 g/mol. The summed E-state index contributed by atoms with van der Waals surface area (Å²) in [6, 6.07) is 0. The first-order chi connectivity index (χ1) is 7.90. The molecule has 2 atom stereocenters. The van der Waals surface area contributed by atoms with E-state index >= 15 is 0 Å². The maximum Gasteiger partial charge on any atom is 0.0698 e. The van der Waals surface area contributed by atoms with Crippen molar-refractivity contribution in [2.45, 2.75) is 52.2 Å². The maximum absolute atomic E-state index is 5.46. The zero-order chi connectivity index (χ0) is 12.9. The highest BCUT2D eigenvalue weighted by atomic mass is 16.5. The van der Waals surface area contributed by atoms with Gasteiger partial charge < -0.3 is 15.0 Å². The van der Waals surface area contributed by atoms with Gasteiger partial charge in [-0.25, -0.2) is 0 Å². The lowest BCUT2D eigenvalue weighted by molar-refractivity contribution is 0.0265. The van der Waals surface area contributed by atoms with E-state index in [2.05, 4.69) is 37.9 Å². The summed E-state index contributed by atoms with van der Waals surface area (Å²) >= 11 is 0. The number of hydrogen-bond acceptors (Lipinski definition) is 3. The second-order valence-electron chi connectivity index (χ2n) is 6.50. The fourth-order valence-electron chi connectivity index (χ4n) is 2.36. The Balaban J connectivity index is 2.23. The van der Waals surface area contributed by atoms with E-state index in [0.29, 0.717) is 12.0 Å². The molecule has 0 radical (unpaired) electrons. The standard InChI is InChI=1S/C14H30N2O/c1-12(9-15-14(2,3)4)10-16-8-6-7-13(11-16)17-5/h12-13,15H,6-11H2,1-5H3. The molecule has 0 aromatic carbocycles. The van der Waals surface area contributed by atoms with Crippen molar-refractivity contribution in [1.29, 1.82) is 0 Å². The second kappa shape index (κ2) is 6.72. The molecule has 102 valence electrons. The largest absolute Gasteiger partial charge is 0.380 e. The van der Waals surface area contributed by atoms with Gasteiger partial charge in [0.25, 0.3) is 0 Å². The molecule has 1 saturated heterocycles. The van der Waals surface area contributed by atoms with Crippen LogP contribution < -0.4 is 5.32 Å². The average molecular weight is 242 g/mol. The first-order valence-electron chi connectivity index (χ1n) is 6.91. The van der Waals surface area contributed by atoms with Crippen LogP contribution in [-0.4, -0.2) is 49.8 Å². The predicted octanol–water partition coefficient (Wildman–Crippen LogP) is 2.12. The molecule has 0 aromatic rings. The molecule has 1 fully saturated rings. The van der Waals surface area contributed by atoms with Crippen LogP contribution in [0, 0.1) is 5.92 Å². The van der Waals surface area contributed by atoms with Gasteiger partial charge in [0.15, 0.2) is 0 Å². The van der Waals surface area contributed by atoms with Gasteiger partial charge in [-0.1, -0.05) is 6.92 Å². The Kier molecular flexibility index (Phi) is 5.90. The van der Waals surface area contributed by atoms with Crippen LogP contribution in [0.5, 0.6) is 0 Å². The molecule has 17 heavy (non-hydrogen) atoms.